The summed E-state index contributed by atoms with van der Waals surface area (Å²) in [6.45, 7) is 0.703. The zero-order chi connectivity index (χ0) is 23.3. The normalized spacial score (nSPS) is 14.7. The summed E-state index contributed by atoms with van der Waals surface area (Å²) in [5, 5.41) is 10.5. The van der Waals surface area contributed by atoms with Crippen LogP contribution in [0.3, 0.4) is 0 Å². The number of nitriles is 1. The summed E-state index contributed by atoms with van der Waals surface area (Å²) in [5.74, 6) is 0. The van der Waals surface area contributed by atoms with Crippen molar-refractivity contribution in [2.45, 2.75) is 24.0 Å². The van der Waals surface area contributed by atoms with E-state index in [-0.39, 0.29) is 16.4 Å². The van der Waals surface area contributed by atoms with Gasteiger partial charge in [0.15, 0.2) is 0 Å². The van der Waals surface area contributed by atoms with Crippen molar-refractivity contribution in [3.8, 4) is 17.5 Å². The average molecular weight is 480 g/mol. The van der Waals surface area contributed by atoms with E-state index in [1.54, 1.807) is 39.6 Å². The van der Waals surface area contributed by atoms with Crippen LogP contribution in [-0.4, -0.2) is 35.2 Å². The van der Waals surface area contributed by atoms with Gasteiger partial charge in [-0.3, -0.25) is 9.55 Å². The average Bonchev–Trinajstić information content (AvgIpc) is 2.99. The topological polar surface area (TPSA) is 101 Å². The van der Waals surface area contributed by atoms with Crippen LogP contribution in [0.2, 0.25) is 5.15 Å². The summed E-state index contributed by atoms with van der Waals surface area (Å²) in [4.78, 5) is 7.99. The number of hydrogen-bond donors (Lipinski definition) is 1. The second-order valence-electron chi connectivity index (χ2n) is 6.89. The van der Waals surface area contributed by atoms with E-state index < -0.39 is 27.1 Å². The Balaban J connectivity index is 1.82. The highest BCUT2D eigenvalue weighted by Gasteiger charge is 2.39. The molecule has 164 valence electrons. The van der Waals surface area contributed by atoms with Gasteiger partial charge in [0, 0.05) is 17.3 Å². The number of nitrogens with zero attached hydrogens (tertiary/aromatic N) is 4. The maximum absolute atomic E-state index is 12.8. The first-order valence-corrected chi connectivity index (χ1v) is 10.9. The Morgan fingerprint density at radius 1 is 1.25 bits per heavy atom. The van der Waals surface area contributed by atoms with E-state index in [2.05, 4.69) is 16.0 Å². The van der Waals surface area contributed by atoms with Crippen LogP contribution in [-0.2, 0) is 10.0 Å². The van der Waals surface area contributed by atoms with Crippen LogP contribution in [0.1, 0.15) is 12.5 Å². The highest BCUT2D eigenvalue weighted by molar-refractivity contribution is 7.89. The maximum Gasteiger partial charge on any atom is 0.404 e. The largest absolute Gasteiger partial charge is 0.404 e. The predicted octanol–water partition coefficient (Wildman–Crippen LogP) is 4.26. The van der Waals surface area contributed by atoms with Crippen molar-refractivity contribution in [1.82, 2.24) is 19.3 Å². The Morgan fingerprint density at radius 2 is 1.97 bits per heavy atom. The molecule has 0 unspecified atom stereocenters. The van der Waals surface area contributed by atoms with Crippen molar-refractivity contribution < 1.29 is 21.6 Å². The molecule has 0 saturated carbocycles. The van der Waals surface area contributed by atoms with Gasteiger partial charge in [-0.05, 0) is 43.3 Å². The van der Waals surface area contributed by atoms with Gasteiger partial charge in [0.05, 0.1) is 17.0 Å². The van der Waals surface area contributed by atoms with Gasteiger partial charge in [-0.15, -0.1) is 0 Å². The second-order valence-corrected chi connectivity index (χ2v) is 8.99. The van der Waals surface area contributed by atoms with Crippen molar-refractivity contribution in [2.75, 3.05) is 0 Å². The molecule has 0 aromatic carbocycles. The molecule has 1 atom stereocenters. The van der Waals surface area contributed by atoms with E-state index >= 15 is 0 Å². The Hall–Kier alpha value is -3.20. The highest BCUT2D eigenvalue weighted by atomic mass is 35.5. The molecule has 1 aliphatic rings. The first-order chi connectivity index (χ1) is 15.0. The van der Waals surface area contributed by atoms with Gasteiger partial charge in [-0.2, -0.15) is 23.2 Å². The maximum atomic E-state index is 12.8. The summed E-state index contributed by atoms with van der Waals surface area (Å²) in [6.07, 6.45) is 1.57. The molecular formula is C20H13ClF3N5O2S. The summed E-state index contributed by atoms with van der Waals surface area (Å²) in [6, 6.07) is 5.48. The molecule has 0 radical (unpaired) electrons. The molecule has 0 spiro atoms. The van der Waals surface area contributed by atoms with Crippen molar-refractivity contribution in [3.63, 3.8) is 0 Å². The van der Waals surface area contributed by atoms with E-state index in [0.29, 0.717) is 29.3 Å². The Kier molecular flexibility index (Phi) is 5.32. The van der Waals surface area contributed by atoms with Crippen molar-refractivity contribution in [3.05, 3.63) is 59.4 Å². The lowest BCUT2D eigenvalue weighted by Crippen LogP contribution is -2.42. The minimum absolute atomic E-state index is 0.218. The third kappa shape index (κ3) is 3.77. The fraction of sp³-hybridized carbons (Fsp3) is 0.150. The number of halogens is 4. The number of sulfonamides is 1. The van der Waals surface area contributed by atoms with Crippen LogP contribution >= 0.6 is 11.6 Å². The Bertz CT molecular complexity index is 1440. The van der Waals surface area contributed by atoms with Gasteiger partial charge >= 0.3 is 6.18 Å². The van der Waals surface area contributed by atoms with Gasteiger partial charge in [0.1, 0.15) is 27.8 Å². The fourth-order valence-corrected chi connectivity index (χ4v) is 4.44. The van der Waals surface area contributed by atoms with Crippen LogP contribution in [0.4, 0.5) is 13.2 Å². The molecule has 3 aromatic rings. The molecule has 0 bridgehead atoms. The minimum atomic E-state index is -4.73. The minimum Gasteiger partial charge on any atom is -0.291 e. The summed E-state index contributed by atoms with van der Waals surface area (Å²) in [7, 11) is -4.46. The summed E-state index contributed by atoms with van der Waals surface area (Å²) in [5.41, 5.74) is 1.96. The zero-order valence-electron chi connectivity index (χ0n) is 16.2. The molecule has 0 amide bonds. The molecule has 0 saturated heterocycles. The molecular weight excluding hydrogens is 467 g/mol. The molecule has 0 aliphatic heterocycles. The number of allylic oxidation sites excluding steroid dienone is 4. The molecule has 12 heteroatoms. The zero-order valence-corrected chi connectivity index (χ0v) is 17.8. The van der Waals surface area contributed by atoms with E-state index in [1.165, 1.54) is 6.07 Å². The van der Waals surface area contributed by atoms with E-state index in [0.717, 1.165) is 12.3 Å². The van der Waals surface area contributed by atoms with Gasteiger partial charge < -0.3 is 0 Å². The molecule has 0 fully saturated rings. The van der Waals surface area contributed by atoms with E-state index in [4.69, 9.17) is 11.6 Å². The monoisotopic (exact) mass is 479 g/mol. The first kappa shape index (κ1) is 22.0. The summed E-state index contributed by atoms with van der Waals surface area (Å²) >= 11 is 6.04. The molecule has 1 aliphatic carbocycles. The smallest absolute Gasteiger partial charge is 0.291 e. The molecule has 1 N–H and O–H groups in total. The van der Waals surface area contributed by atoms with E-state index in [9.17, 15) is 26.9 Å². The van der Waals surface area contributed by atoms with Crippen LogP contribution in [0.15, 0.2) is 53.6 Å². The second kappa shape index (κ2) is 7.74. The van der Waals surface area contributed by atoms with Crippen LogP contribution in [0.5, 0.6) is 0 Å². The van der Waals surface area contributed by atoms with Crippen molar-refractivity contribution in [1.29, 1.82) is 5.26 Å². The highest BCUT2D eigenvalue weighted by Crippen LogP contribution is 2.36. The quantitative estimate of drug-likeness (QED) is 0.551. The number of pyridine rings is 2. The van der Waals surface area contributed by atoms with Crippen molar-refractivity contribution >= 4 is 38.4 Å². The molecule has 7 nitrogen and oxygen atoms in total. The van der Waals surface area contributed by atoms with Crippen LogP contribution in [0, 0.1) is 11.3 Å². The third-order valence-corrected chi connectivity index (χ3v) is 6.54. The molecule has 32 heavy (non-hydrogen) atoms. The number of hydrogen-bond acceptors (Lipinski definition) is 5. The molecule has 3 heterocycles. The number of aromatic nitrogens is 3. The number of alkyl halides is 3. The van der Waals surface area contributed by atoms with Gasteiger partial charge in [0.2, 0.25) is 10.0 Å². The summed E-state index contributed by atoms with van der Waals surface area (Å²) < 4.78 is 66.1. The first-order valence-electron chi connectivity index (χ1n) is 9.08. The Labute approximate surface area is 185 Å². The van der Waals surface area contributed by atoms with Gasteiger partial charge in [-0.25, -0.2) is 13.4 Å². The Morgan fingerprint density at radius 3 is 2.50 bits per heavy atom. The SMILES string of the molecule is C[C@H](NS(=O)(=O)c1ccc(-c2c(C#N)c3ccc(Cl)nc3n2C2=CC=C2)nc1)C(F)(F)F. The lowest BCUT2D eigenvalue weighted by Gasteiger charge is -2.17. The van der Waals surface area contributed by atoms with Gasteiger partial charge in [-0.1, -0.05) is 17.7 Å². The third-order valence-electron chi connectivity index (χ3n) is 4.80. The molecule has 3 aromatic heterocycles. The number of nitrogens with one attached hydrogen (secondary N) is 1. The molecule has 4 rings (SSSR count). The number of fused-ring (bicyclic) bond motifs is 1. The van der Waals surface area contributed by atoms with E-state index in [1.807, 2.05) is 0 Å². The lowest BCUT2D eigenvalue weighted by atomic mass is 10.1. The standard InChI is InChI=1S/C20H13ClF3N5O2S/c1-11(20(22,23)24)28-32(30,31)13-5-7-16(26-10-13)18-15(9-25)14-6-8-17(21)27-19(14)29(18)12-3-2-4-12/h2-8,10-11,28H,1H3/t11-/m0/s1. The van der Waals surface area contributed by atoms with Gasteiger partial charge in [0.25, 0.3) is 0 Å². The fourth-order valence-electron chi connectivity index (χ4n) is 3.12. The van der Waals surface area contributed by atoms with Crippen LogP contribution in [0.25, 0.3) is 28.1 Å². The van der Waals surface area contributed by atoms with Crippen LogP contribution < -0.4 is 4.72 Å². The predicted molar refractivity (Wildman–Crippen MR) is 112 cm³/mol. The lowest BCUT2D eigenvalue weighted by molar-refractivity contribution is -0.147. The van der Waals surface area contributed by atoms with Crippen molar-refractivity contribution in [2.24, 2.45) is 0 Å². The number of rotatable bonds is 5.